The molecule has 1 amide bonds. The SMILES string of the molecule is N#Cc1cccc(C#N)c1N1CCC2(C1)C(=O)Nc1ccccc12. The molecule has 1 fully saturated rings. The maximum Gasteiger partial charge on any atom is 0.236 e. The van der Waals surface area contributed by atoms with Gasteiger partial charge in [-0.15, -0.1) is 0 Å². The summed E-state index contributed by atoms with van der Waals surface area (Å²) in [6.45, 7) is 1.11. The molecule has 2 aliphatic rings. The number of carbonyl (C=O) groups excluding carboxylic acids is 1. The molecule has 1 saturated heterocycles. The zero-order valence-electron chi connectivity index (χ0n) is 12.9. The van der Waals surface area contributed by atoms with Crippen molar-refractivity contribution in [2.45, 2.75) is 11.8 Å². The van der Waals surface area contributed by atoms with Crippen molar-refractivity contribution in [3.63, 3.8) is 0 Å². The van der Waals surface area contributed by atoms with Crippen LogP contribution in [-0.4, -0.2) is 19.0 Å². The molecule has 116 valence electrons. The van der Waals surface area contributed by atoms with Crippen LogP contribution in [0.5, 0.6) is 0 Å². The Hall–Kier alpha value is -3.31. The average Bonchev–Trinajstić information content (AvgIpc) is 3.18. The molecule has 2 aliphatic heterocycles. The highest BCUT2D eigenvalue weighted by Crippen LogP contribution is 2.45. The van der Waals surface area contributed by atoms with Crippen LogP contribution in [-0.2, 0) is 10.2 Å². The Morgan fingerprint density at radius 3 is 2.46 bits per heavy atom. The predicted octanol–water partition coefficient (Wildman–Crippen LogP) is 2.53. The van der Waals surface area contributed by atoms with Crippen molar-refractivity contribution in [3.8, 4) is 12.1 Å². The van der Waals surface area contributed by atoms with Gasteiger partial charge in [-0.1, -0.05) is 24.3 Å². The van der Waals surface area contributed by atoms with Gasteiger partial charge in [0.05, 0.1) is 22.2 Å². The average molecular weight is 314 g/mol. The second kappa shape index (κ2) is 5.11. The highest BCUT2D eigenvalue weighted by molar-refractivity contribution is 6.07. The molecule has 24 heavy (non-hydrogen) atoms. The molecule has 2 aromatic rings. The van der Waals surface area contributed by atoms with E-state index in [1.807, 2.05) is 29.2 Å². The van der Waals surface area contributed by atoms with E-state index in [4.69, 9.17) is 0 Å². The first kappa shape index (κ1) is 14.3. The largest absolute Gasteiger partial charge is 0.368 e. The lowest BCUT2D eigenvalue weighted by molar-refractivity contribution is -0.120. The van der Waals surface area contributed by atoms with E-state index < -0.39 is 5.41 Å². The van der Waals surface area contributed by atoms with Crippen LogP contribution in [0, 0.1) is 22.7 Å². The Morgan fingerprint density at radius 1 is 1.04 bits per heavy atom. The number of benzene rings is 2. The van der Waals surface area contributed by atoms with Crippen LogP contribution >= 0.6 is 0 Å². The summed E-state index contributed by atoms with van der Waals surface area (Å²) in [5.41, 5.74) is 2.84. The Kier molecular flexibility index (Phi) is 3.04. The molecule has 4 rings (SSSR count). The molecule has 0 bridgehead atoms. The van der Waals surface area contributed by atoms with Crippen molar-refractivity contribution in [3.05, 3.63) is 59.2 Å². The van der Waals surface area contributed by atoms with Gasteiger partial charge in [-0.3, -0.25) is 4.79 Å². The zero-order valence-corrected chi connectivity index (χ0v) is 12.9. The quantitative estimate of drug-likeness (QED) is 0.877. The van der Waals surface area contributed by atoms with Gasteiger partial charge in [0.2, 0.25) is 5.91 Å². The van der Waals surface area contributed by atoms with E-state index in [1.54, 1.807) is 18.2 Å². The van der Waals surface area contributed by atoms with Crippen molar-refractivity contribution in [2.75, 3.05) is 23.3 Å². The fourth-order valence-corrected chi connectivity index (χ4v) is 3.84. The molecule has 1 N–H and O–H groups in total. The summed E-state index contributed by atoms with van der Waals surface area (Å²) in [4.78, 5) is 14.7. The van der Waals surface area contributed by atoms with Crippen LogP contribution in [0.4, 0.5) is 11.4 Å². The van der Waals surface area contributed by atoms with Gasteiger partial charge in [0.15, 0.2) is 0 Å². The van der Waals surface area contributed by atoms with Crippen molar-refractivity contribution >= 4 is 17.3 Å². The third-order valence-corrected chi connectivity index (χ3v) is 4.99. The zero-order chi connectivity index (χ0) is 16.7. The minimum Gasteiger partial charge on any atom is -0.368 e. The molecule has 5 nitrogen and oxygen atoms in total. The first-order valence-corrected chi connectivity index (χ1v) is 7.79. The number of fused-ring (bicyclic) bond motifs is 2. The van der Waals surface area contributed by atoms with E-state index >= 15 is 0 Å². The molecule has 1 atom stereocenters. The van der Waals surface area contributed by atoms with E-state index in [1.165, 1.54) is 0 Å². The summed E-state index contributed by atoms with van der Waals surface area (Å²) in [5.74, 6) is -0.000790. The normalized spacial score (nSPS) is 21.2. The fraction of sp³-hybridized carbons (Fsp3) is 0.211. The Labute approximate surface area is 139 Å². The van der Waals surface area contributed by atoms with Crippen molar-refractivity contribution in [2.24, 2.45) is 0 Å². The van der Waals surface area contributed by atoms with Gasteiger partial charge >= 0.3 is 0 Å². The maximum atomic E-state index is 12.7. The van der Waals surface area contributed by atoms with Crippen LogP contribution in [0.2, 0.25) is 0 Å². The molecular formula is C19H14N4O. The first-order chi connectivity index (χ1) is 11.7. The minimum atomic E-state index is -0.605. The molecule has 0 aromatic heterocycles. The maximum absolute atomic E-state index is 12.7. The highest BCUT2D eigenvalue weighted by Gasteiger charge is 2.51. The topological polar surface area (TPSA) is 79.9 Å². The molecular weight excluding hydrogens is 300 g/mol. The molecule has 0 saturated carbocycles. The van der Waals surface area contributed by atoms with Gasteiger partial charge in [0.1, 0.15) is 12.1 Å². The summed E-state index contributed by atoms with van der Waals surface area (Å²) in [5, 5.41) is 21.8. The number of nitrogens with one attached hydrogen (secondary N) is 1. The number of anilines is 2. The van der Waals surface area contributed by atoms with Crippen LogP contribution < -0.4 is 10.2 Å². The van der Waals surface area contributed by atoms with Gasteiger partial charge in [-0.25, -0.2) is 0 Å². The van der Waals surface area contributed by atoms with Crippen molar-refractivity contribution in [1.82, 2.24) is 0 Å². The number of hydrogen-bond donors (Lipinski definition) is 1. The van der Waals surface area contributed by atoms with Gasteiger partial charge in [0.25, 0.3) is 0 Å². The summed E-state index contributed by atoms with van der Waals surface area (Å²) in [6.07, 6.45) is 0.667. The van der Waals surface area contributed by atoms with E-state index in [0.29, 0.717) is 36.3 Å². The molecule has 0 aliphatic carbocycles. The number of rotatable bonds is 1. The lowest BCUT2D eigenvalue weighted by Gasteiger charge is -2.25. The van der Waals surface area contributed by atoms with E-state index in [9.17, 15) is 15.3 Å². The van der Waals surface area contributed by atoms with Gasteiger partial charge in [0, 0.05) is 18.8 Å². The van der Waals surface area contributed by atoms with Crippen LogP contribution in [0.25, 0.3) is 0 Å². The summed E-state index contributed by atoms with van der Waals surface area (Å²) < 4.78 is 0. The van der Waals surface area contributed by atoms with Gasteiger partial charge in [-0.2, -0.15) is 10.5 Å². The molecule has 2 heterocycles. The van der Waals surface area contributed by atoms with Crippen molar-refractivity contribution < 1.29 is 4.79 Å². The first-order valence-electron chi connectivity index (χ1n) is 7.79. The monoisotopic (exact) mass is 314 g/mol. The molecule has 1 unspecified atom stereocenters. The van der Waals surface area contributed by atoms with Crippen molar-refractivity contribution in [1.29, 1.82) is 10.5 Å². The number of amides is 1. The highest BCUT2D eigenvalue weighted by atomic mass is 16.2. The van der Waals surface area contributed by atoms with E-state index in [0.717, 1.165) is 11.3 Å². The lowest BCUT2D eigenvalue weighted by Crippen LogP contribution is -2.37. The summed E-state index contributed by atoms with van der Waals surface area (Å²) in [7, 11) is 0. The predicted molar refractivity (Wildman–Crippen MR) is 89.5 cm³/mol. The lowest BCUT2D eigenvalue weighted by atomic mass is 9.81. The summed E-state index contributed by atoms with van der Waals surface area (Å²) in [6, 6.07) is 17.2. The Balaban J connectivity index is 1.79. The Morgan fingerprint density at radius 2 is 1.75 bits per heavy atom. The van der Waals surface area contributed by atoms with E-state index in [2.05, 4.69) is 17.5 Å². The fourth-order valence-electron chi connectivity index (χ4n) is 3.84. The third-order valence-electron chi connectivity index (χ3n) is 4.99. The van der Waals surface area contributed by atoms with Crippen LogP contribution in [0.3, 0.4) is 0 Å². The standard InChI is InChI=1S/C19H14N4O/c20-10-13-4-3-5-14(11-21)17(13)23-9-8-19(12-23)15-6-1-2-7-16(15)22-18(19)24/h1-7H,8-9,12H2,(H,22,24). The van der Waals surface area contributed by atoms with Crippen LogP contribution in [0.1, 0.15) is 23.1 Å². The third kappa shape index (κ3) is 1.82. The Bertz CT molecular complexity index is 905. The number of nitriles is 2. The van der Waals surface area contributed by atoms with Gasteiger partial charge in [-0.05, 0) is 30.2 Å². The smallest absolute Gasteiger partial charge is 0.236 e. The second-order valence-electron chi connectivity index (χ2n) is 6.18. The molecule has 5 heteroatoms. The number of para-hydroxylation sites is 2. The number of carbonyl (C=O) groups is 1. The molecule has 2 aromatic carbocycles. The van der Waals surface area contributed by atoms with Gasteiger partial charge < -0.3 is 10.2 Å². The number of hydrogen-bond acceptors (Lipinski definition) is 4. The van der Waals surface area contributed by atoms with Crippen LogP contribution in [0.15, 0.2) is 42.5 Å². The second-order valence-corrected chi connectivity index (χ2v) is 6.18. The minimum absolute atomic E-state index is 0.000790. The molecule has 0 radical (unpaired) electrons. The summed E-state index contributed by atoms with van der Waals surface area (Å²) >= 11 is 0. The van der Waals surface area contributed by atoms with E-state index in [-0.39, 0.29) is 5.91 Å². The molecule has 1 spiro atoms. The number of nitrogens with zero attached hydrogens (tertiary/aromatic N) is 3.